The Morgan fingerprint density at radius 2 is 1.94 bits per heavy atom. The van der Waals surface area contributed by atoms with Crippen LogP contribution in [0.5, 0.6) is 0 Å². The van der Waals surface area contributed by atoms with Crippen molar-refractivity contribution in [2.24, 2.45) is 0 Å². The summed E-state index contributed by atoms with van der Waals surface area (Å²) in [7, 11) is 2.17. The van der Waals surface area contributed by atoms with Crippen molar-refractivity contribution >= 4 is 15.9 Å². The summed E-state index contributed by atoms with van der Waals surface area (Å²) in [6, 6.07) is 6.40. The van der Waals surface area contributed by atoms with Gasteiger partial charge in [0.1, 0.15) is 0 Å². The van der Waals surface area contributed by atoms with Gasteiger partial charge in [0.25, 0.3) is 0 Å². The van der Waals surface area contributed by atoms with Crippen molar-refractivity contribution in [2.75, 3.05) is 20.1 Å². The zero-order chi connectivity index (χ0) is 13.8. The lowest BCUT2D eigenvalue weighted by Gasteiger charge is -2.24. The van der Waals surface area contributed by atoms with Gasteiger partial charge < -0.3 is 10.2 Å². The van der Waals surface area contributed by atoms with Crippen LogP contribution in [0.2, 0.25) is 0 Å². The fourth-order valence-corrected chi connectivity index (χ4v) is 2.22. The fourth-order valence-electron chi connectivity index (χ4n) is 1.82. The van der Waals surface area contributed by atoms with E-state index >= 15 is 0 Å². The third-order valence-corrected chi connectivity index (χ3v) is 3.83. The highest BCUT2D eigenvalue weighted by Crippen LogP contribution is 2.20. The van der Waals surface area contributed by atoms with Crippen LogP contribution in [0.25, 0.3) is 0 Å². The standard InChI is InChI=1S/C15H25BrN2/c1-12-13(7-6-8-14(12)16)11-18(5)10-9-17-15(2,3)4/h6-8,17H,9-11H2,1-5H3. The molecule has 0 amide bonds. The molecule has 3 heteroatoms. The molecule has 2 nitrogen and oxygen atoms in total. The number of nitrogens with one attached hydrogen (secondary N) is 1. The molecule has 0 aliphatic rings. The van der Waals surface area contributed by atoms with Crippen LogP contribution in [0, 0.1) is 6.92 Å². The molecule has 18 heavy (non-hydrogen) atoms. The second-order valence-corrected chi connectivity index (χ2v) is 6.79. The number of likely N-dealkylation sites (N-methyl/N-ethyl adjacent to an activating group) is 1. The Balaban J connectivity index is 2.45. The van der Waals surface area contributed by atoms with Crippen LogP contribution in [0.1, 0.15) is 31.9 Å². The summed E-state index contributed by atoms with van der Waals surface area (Å²) in [4.78, 5) is 2.35. The Hall–Kier alpha value is -0.380. The molecular formula is C15H25BrN2. The maximum absolute atomic E-state index is 3.58. The van der Waals surface area contributed by atoms with Crippen LogP contribution in [0.3, 0.4) is 0 Å². The van der Waals surface area contributed by atoms with Crippen molar-refractivity contribution in [2.45, 2.75) is 39.8 Å². The van der Waals surface area contributed by atoms with Crippen LogP contribution in [-0.2, 0) is 6.54 Å². The largest absolute Gasteiger partial charge is 0.311 e. The predicted molar refractivity (Wildman–Crippen MR) is 83.0 cm³/mol. The Morgan fingerprint density at radius 1 is 1.28 bits per heavy atom. The molecule has 0 unspecified atom stereocenters. The Kier molecular flexibility index (Phi) is 5.83. The summed E-state index contributed by atoms with van der Waals surface area (Å²) < 4.78 is 1.20. The summed E-state index contributed by atoms with van der Waals surface area (Å²) in [5.74, 6) is 0. The van der Waals surface area contributed by atoms with Gasteiger partial charge in [0.2, 0.25) is 0 Å². The molecule has 0 aliphatic carbocycles. The first-order valence-electron chi connectivity index (χ1n) is 6.47. The van der Waals surface area contributed by atoms with E-state index in [9.17, 15) is 0 Å². The monoisotopic (exact) mass is 312 g/mol. The van der Waals surface area contributed by atoms with Gasteiger partial charge in [0.15, 0.2) is 0 Å². The molecule has 0 radical (unpaired) electrons. The minimum absolute atomic E-state index is 0.201. The van der Waals surface area contributed by atoms with Crippen molar-refractivity contribution in [3.63, 3.8) is 0 Å². The van der Waals surface area contributed by atoms with E-state index in [2.05, 4.69) is 79.1 Å². The molecule has 0 saturated carbocycles. The van der Waals surface area contributed by atoms with Gasteiger partial charge in [-0.2, -0.15) is 0 Å². The molecule has 1 N–H and O–H groups in total. The number of hydrogen-bond acceptors (Lipinski definition) is 2. The van der Waals surface area contributed by atoms with E-state index in [1.54, 1.807) is 0 Å². The highest BCUT2D eigenvalue weighted by molar-refractivity contribution is 9.10. The number of halogens is 1. The molecule has 0 aliphatic heterocycles. The third-order valence-electron chi connectivity index (χ3n) is 2.97. The summed E-state index contributed by atoms with van der Waals surface area (Å²) in [6.07, 6.45) is 0. The van der Waals surface area contributed by atoms with Crippen LogP contribution in [0.15, 0.2) is 22.7 Å². The number of benzene rings is 1. The predicted octanol–water partition coefficient (Wildman–Crippen LogP) is 3.58. The van der Waals surface area contributed by atoms with E-state index in [0.29, 0.717) is 0 Å². The minimum Gasteiger partial charge on any atom is -0.311 e. The quantitative estimate of drug-likeness (QED) is 0.894. The lowest BCUT2D eigenvalue weighted by Crippen LogP contribution is -2.40. The minimum atomic E-state index is 0.201. The van der Waals surface area contributed by atoms with E-state index in [1.807, 2.05) is 0 Å². The first-order chi connectivity index (χ1) is 8.29. The van der Waals surface area contributed by atoms with Gasteiger partial charge in [0, 0.05) is 29.6 Å². The van der Waals surface area contributed by atoms with Gasteiger partial charge in [-0.3, -0.25) is 0 Å². The van der Waals surface area contributed by atoms with Crippen LogP contribution in [-0.4, -0.2) is 30.6 Å². The molecule has 0 saturated heterocycles. The summed E-state index contributed by atoms with van der Waals surface area (Å²) in [5, 5.41) is 3.51. The van der Waals surface area contributed by atoms with Gasteiger partial charge in [-0.05, 0) is 51.9 Å². The molecule has 1 aromatic carbocycles. The van der Waals surface area contributed by atoms with E-state index in [-0.39, 0.29) is 5.54 Å². The second kappa shape index (κ2) is 6.69. The highest BCUT2D eigenvalue weighted by atomic mass is 79.9. The second-order valence-electron chi connectivity index (χ2n) is 5.94. The molecule has 102 valence electrons. The van der Waals surface area contributed by atoms with E-state index in [0.717, 1.165) is 19.6 Å². The molecular weight excluding hydrogens is 288 g/mol. The zero-order valence-corrected chi connectivity index (χ0v) is 13.8. The molecule has 0 bridgehead atoms. The van der Waals surface area contributed by atoms with Gasteiger partial charge in [0.05, 0.1) is 0 Å². The molecule has 1 rings (SSSR count). The maximum atomic E-state index is 3.58. The number of nitrogens with zero attached hydrogens (tertiary/aromatic N) is 1. The van der Waals surface area contributed by atoms with E-state index < -0.39 is 0 Å². The zero-order valence-electron chi connectivity index (χ0n) is 12.2. The molecule has 0 spiro atoms. The Labute approximate surface area is 120 Å². The summed E-state index contributed by atoms with van der Waals surface area (Å²) in [5.41, 5.74) is 2.93. The van der Waals surface area contributed by atoms with Gasteiger partial charge in [-0.25, -0.2) is 0 Å². The van der Waals surface area contributed by atoms with Crippen LogP contribution < -0.4 is 5.32 Å². The fraction of sp³-hybridized carbons (Fsp3) is 0.600. The SMILES string of the molecule is Cc1c(Br)cccc1CN(C)CCNC(C)(C)C. The van der Waals surface area contributed by atoms with Gasteiger partial charge in [-0.1, -0.05) is 28.1 Å². The Bertz CT molecular complexity index is 383. The number of rotatable bonds is 5. The average Bonchev–Trinajstić information content (AvgIpc) is 2.23. The van der Waals surface area contributed by atoms with Crippen molar-refractivity contribution in [3.05, 3.63) is 33.8 Å². The average molecular weight is 313 g/mol. The van der Waals surface area contributed by atoms with E-state index in [4.69, 9.17) is 0 Å². The molecule has 0 fully saturated rings. The van der Waals surface area contributed by atoms with Crippen LogP contribution >= 0.6 is 15.9 Å². The van der Waals surface area contributed by atoms with Crippen molar-refractivity contribution in [1.29, 1.82) is 0 Å². The maximum Gasteiger partial charge on any atom is 0.0234 e. The molecule has 0 heterocycles. The molecule has 1 aromatic rings. The van der Waals surface area contributed by atoms with Crippen molar-refractivity contribution in [1.82, 2.24) is 10.2 Å². The van der Waals surface area contributed by atoms with Crippen LogP contribution in [0.4, 0.5) is 0 Å². The first kappa shape index (κ1) is 15.7. The van der Waals surface area contributed by atoms with E-state index in [1.165, 1.54) is 15.6 Å². The molecule has 0 aromatic heterocycles. The van der Waals surface area contributed by atoms with Gasteiger partial charge in [-0.15, -0.1) is 0 Å². The molecule has 0 atom stereocenters. The lowest BCUT2D eigenvalue weighted by atomic mass is 10.1. The first-order valence-corrected chi connectivity index (χ1v) is 7.26. The summed E-state index contributed by atoms with van der Waals surface area (Å²) in [6.45, 7) is 11.8. The topological polar surface area (TPSA) is 15.3 Å². The van der Waals surface area contributed by atoms with Crippen molar-refractivity contribution in [3.8, 4) is 0 Å². The summed E-state index contributed by atoms with van der Waals surface area (Å²) >= 11 is 3.58. The van der Waals surface area contributed by atoms with Crippen molar-refractivity contribution < 1.29 is 0 Å². The Morgan fingerprint density at radius 3 is 2.56 bits per heavy atom. The highest BCUT2D eigenvalue weighted by Gasteiger charge is 2.09. The lowest BCUT2D eigenvalue weighted by molar-refractivity contribution is 0.303. The smallest absolute Gasteiger partial charge is 0.0234 e. The number of hydrogen-bond donors (Lipinski definition) is 1. The normalized spacial score (nSPS) is 12.2. The van der Waals surface area contributed by atoms with Gasteiger partial charge >= 0.3 is 0 Å². The third kappa shape index (κ3) is 5.51.